The number of pyridine rings is 1. The van der Waals surface area contributed by atoms with Crippen LogP contribution < -0.4 is 11.1 Å². The monoisotopic (exact) mass is 249 g/mol. The molecule has 0 aliphatic heterocycles. The standard InChI is InChI=1S/C11H12FN5O/c12-8-1-3-14-10(7-8)15-4-6-17-5-2-9(16-17)11(13)18/h1-3,5,7H,4,6H2,(H2,13,18)(H,14,15). The van der Waals surface area contributed by atoms with Crippen molar-refractivity contribution in [3.05, 3.63) is 42.1 Å². The number of nitrogens with two attached hydrogens (primary N) is 1. The summed E-state index contributed by atoms with van der Waals surface area (Å²) < 4.78 is 14.4. The number of nitrogens with zero attached hydrogens (tertiary/aromatic N) is 3. The molecular weight excluding hydrogens is 237 g/mol. The Kier molecular flexibility index (Phi) is 3.52. The van der Waals surface area contributed by atoms with Crippen molar-refractivity contribution in [2.45, 2.75) is 6.54 Å². The van der Waals surface area contributed by atoms with Crippen molar-refractivity contribution in [3.63, 3.8) is 0 Å². The van der Waals surface area contributed by atoms with Gasteiger partial charge in [-0.1, -0.05) is 0 Å². The molecule has 18 heavy (non-hydrogen) atoms. The summed E-state index contributed by atoms with van der Waals surface area (Å²) in [6, 6.07) is 4.12. The highest BCUT2D eigenvalue weighted by molar-refractivity contribution is 5.90. The Morgan fingerprint density at radius 3 is 3.00 bits per heavy atom. The maximum absolute atomic E-state index is 12.9. The highest BCUT2D eigenvalue weighted by Gasteiger charge is 2.04. The van der Waals surface area contributed by atoms with Gasteiger partial charge >= 0.3 is 0 Å². The lowest BCUT2D eigenvalue weighted by atomic mass is 10.4. The van der Waals surface area contributed by atoms with Crippen molar-refractivity contribution in [3.8, 4) is 0 Å². The Morgan fingerprint density at radius 1 is 1.50 bits per heavy atom. The van der Waals surface area contributed by atoms with Crippen molar-refractivity contribution < 1.29 is 9.18 Å². The molecule has 0 radical (unpaired) electrons. The largest absolute Gasteiger partial charge is 0.368 e. The van der Waals surface area contributed by atoms with Crippen LogP contribution in [-0.2, 0) is 6.54 Å². The van der Waals surface area contributed by atoms with Gasteiger partial charge < -0.3 is 11.1 Å². The van der Waals surface area contributed by atoms with Crippen LogP contribution in [0.15, 0.2) is 30.6 Å². The van der Waals surface area contributed by atoms with Crippen LogP contribution in [0.1, 0.15) is 10.5 Å². The van der Waals surface area contributed by atoms with E-state index in [1.165, 1.54) is 18.3 Å². The molecule has 94 valence electrons. The van der Waals surface area contributed by atoms with Crippen LogP contribution in [0.5, 0.6) is 0 Å². The third-order valence-corrected chi connectivity index (χ3v) is 2.26. The van der Waals surface area contributed by atoms with Crippen LogP contribution >= 0.6 is 0 Å². The zero-order valence-corrected chi connectivity index (χ0v) is 9.51. The normalized spacial score (nSPS) is 10.3. The number of halogens is 1. The van der Waals surface area contributed by atoms with Gasteiger partial charge in [0.25, 0.3) is 5.91 Å². The maximum Gasteiger partial charge on any atom is 0.269 e. The van der Waals surface area contributed by atoms with Gasteiger partial charge in [0, 0.05) is 25.0 Å². The molecule has 1 amide bonds. The molecule has 3 N–H and O–H groups in total. The molecule has 0 unspecified atom stereocenters. The summed E-state index contributed by atoms with van der Waals surface area (Å²) in [5.41, 5.74) is 5.30. The molecule has 0 saturated heterocycles. The number of aromatic nitrogens is 3. The predicted octanol–water partition coefficient (Wildman–Crippen LogP) is 0.628. The Bertz CT molecular complexity index is 554. The van der Waals surface area contributed by atoms with Gasteiger partial charge in [-0.3, -0.25) is 9.48 Å². The van der Waals surface area contributed by atoms with E-state index in [-0.39, 0.29) is 11.5 Å². The fourth-order valence-corrected chi connectivity index (χ4v) is 1.42. The van der Waals surface area contributed by atoms with Crippen LogP contribution in [0.25, 0.3) is 0 Å². The molecule has 0 aromatic carbocycles. The molecule has 0 spiro atoms. The molecule has 0 fully saturated rings. The third-order valence-electron chi connectivity index (χ3n) is 2.26. The Hall–Kier alpha value is -2.44. The molecule has 0 atom stereocenters. The Morgan fingerprint density at radius 2 is 2.33 bits per heavy atom. The van der Waals surface area contributed by atoms with E-state index >= 15 is 0 Å². The molecule has 2 heterocycles. The van der Waals surface area contributed by atoms with Gasteiger partial charge in [-0.05, 0) is 12.1 Å². The number of rotatable bonds is 5. The summed E-state index contributed by atoms with van der Waals surface area (Å²) in [5.74, 6) is -0.451. The van der Waals surface area contributed by atoms with Crippen molar-refractivity contribution in [1.29, 1.82) is 0 Å². The van der Waals surface area contributed by atoms with Crippen LogP contribution in [0.2, 0.25) is 0 Å². The average Bonchev–Trinajstić information content (AvgIpc) is 2.78. The SMILES string of the molecule is NC(=O)c1ccn(CCNc2cc(F)ccn2)n1. The number of hydrogen-bond donors (Lipinski definition) is 2. The maximum atomic E-state index is 12.9. The first-order valence-corrected chi connectivity index (χ1v) is 5.34. The number of carbonyl (C=O) groups is 1. The molecule has 0 aliphatic carbocycles. The lowest BCUT2D eigenvalue weighted by molar-refractivity contribution is 0.0994. The second-order valence-electron chi connectivity index (χ2n) is 3.61. The first-order valence-electron chi connectivity index (χ1n) is 5.34. The highest BCUT2D eigenvalue weighted by atomic mass is 19.1. The summed E-state index contributed by atoms with van der Waals surface area (Å²) in [7, 11) is 0. The van der Waals surface area contributed by atoms with E-state index in [9.17, 15) is 9.18 Å². The van der Waals surface area contributed by atoms with Gasteiger partial charge in [0.2, 0.25) is 0 Å². The van der Waals surface area contributed by atoms with Gasteiger partial charge in [0.15, 0.2) is 0 Å². The number of carbonyl (C=O) groups excluding carboxylic acids is 1. The topological polar surface area (TPSA) is 85.8 Å². The minimum absolute atomic E-state index is 0.221. The van der Waals surface area contributed by atoms with Crippen LogP contribution in [0, 0.1) is 5.82 Å². The third kappa shape index (κ3) is 3.03. The number of hydrogen-bond acceptors (Lipinski definition) is 4. The van der Waals surface area contributed by atoms with Crippen molar-refractivity contribution in [2.75, 3.05) is 11.9 Å². The Labute approximate surface area is 103 Å². The first-order chi connectivity index (χ1) is 8.65. The summed E-state index contributed by atoms with van der Waals surface area (Å²) >= 11 is 0. The zero-order valence-electron chi connectivity index (χ0n) is 9.51. The average molecular weight is 249 g/mol. The lowest BCUT2D eigenvalue weighted by Crippen LogP contribution is -2.15. The zero-order chi connectivity index (χ0) is 13.0. The van der Waals surface area contributed by atoms with Crippen LogP contribution in [0.3, 0.4) is 0 Å². The summed E-state index contributed by atoms with van der Waals surface area (Å²) in [6.07, 6.45) is 3.04. The highest BCUT2D eigenvalue weighted by Crippen LogP contribution is 2.04. The van der Waals surface area contributed by atoms with Gasteiger partial charge in [-0.15, -0.1) is 0 Å². The number of nitrogens with one attached hydrogen (secondary N) is 1. The fourth-order valence-electron chi connectivity index (χ4n) is 1.42. The first kappa shape index (κ1) is 12.0. The lowest BCUT2D eigenvalue weighted by Gasteiger charge is -2.05. The second kappa shape index (κ2) is 5.26. The molecule has 2 aromatic rings. The summed E-state index contributed by atoms with van der Waals surface area (Å²) in [6.45, 7) is 1.03. The van der Waals surface area contributed by atoms with E-state index in [2.05, 4.69) is 15.4 Å². The predicted molar refractivity (Wildman–Crippen MR) is 63.4 cm³/mol. The molecule has 2 aromatic heterocycles. The number of amides is 1. The number of primary amides is 1. The quantitative estimate of drug-likeness (QED) is 0.813. The van der Waals surface area contributed by atoms with E-state index < -0.39 is 5.91 Å². The summed E-state index contributed by atoms with van der Waals surface area (Å²) in [4.78, 5) is 14.8. The molecule has 0 bridgehead atoms. The van der Waals surface area contributed by atoms with Crippen molar-refractivity contribution in [2.24, 2.45) is 5.73 Å². The van der Waals surface area contributed by atoms with E-state index in [0.29, 0.717) is 18.9 Å². The van der Waals surface area contributed by atoms with E-state index in [1.54, 1.807) is 16.9 Å². The van der Waals surface area contributed by atoms with Crippen molar-refractivity contribution >= 4 is 11.7 Å². The van der Waals surface area contributed by atoms with Gasteiger partial charge in [-0.25, -0.2) is 9.37 Å². The van der Waals surface area contributed by atoms with E-state index in [1.807, 2.05) is 0 Å². The second-order valence-corrected chi connectivity index (χ2v) is 3.61. The smallest absolute Gasteiger partial charge is 0.269 e. The molecule has 2 rings (SSSR count). The molecular formula is C11H12FN5O. The molecule has 0 aliphatic rings. The minimum atomic E-state index is -0.562. The molecule has 6 nitrogen and oxygen atoms in total. The van der Waals surface area contributed by atoms with Gasteiger partial charge in [0.05, 0.1) is 6.54 Å². The minimum Gasteiger partial charge on any atom is -0.368 e. The molecule has 0 saturated carbocycles. The van der Waals surface area contributed by atoms with Crippen LogP contribution in [0.4, 0.5) is 10.2 Å². The van der Waals surface area contributed by atoms with E-state index in [4.69, 9.17) is 5.73 Å². The number of anilines is 1. The Balaban J connectivity index is 1.86. The van der Waals surface area contributed by atoms with Gasteiger partial charge in [-0.2, -0.15) is 5.10 Å². The van der Waals surface area contributed by atoms with Gasteiger partial charge in [0.1, 0.15) is 17.3 Å². The fraction of sp³-hybridized carbons (Fsp3) is 0.182. The summed E-state index contributed by atoms with van der Waals surface area (Å²) in [5, 5.41) is 6.91. The van der Waals surface area contributed by atoms with E-state index in [0.717, 1.165) is 0 Å². The molecule has 7 heteroatoms. The van der Waals surface area contributed by atoms with Crippen LogP contribution in [-0.4, -0.2) is 27.2 Å². The van der Waals surface area contributed by atoms with Crippen molar-refractivity contribution in [1.82, 2.24) is 14.8 Å².